The van der Waals surface area contributed by atoms with E-state index in [4.69, 9.17) is 23.2 Å². The van der Waals surface area contributed by atoms with Crippen molar-refractivity contribution in [3.05, 3.63) is 86.0 Å². The highest BCUT2D eigenvalue weighted by Crippen LogP contribution is 2.45. The number of rotatable bonds is 5. The number of carbonyl (C=O) groups is 2. The second-order valence-corrected chi connectivity index (χ2v) is 8.75. The van der Waals surface area contributed by atoms with Crippen molar-refractivity contribution in [1.29, 1.82) is 0 Å². The number of benzene rings is 2. The SMILES string of the molecule is O=C(CC1(O)C(=O)N(Cc2ccccc2)c2ccc(Cl)cc21)c1ccc(Cl)s1. The summed E-state index contributed by atoms with van der Waals surface area (Å²) in [7, 11) is 0. The Kier molecular flexibility index (Phi) is 5.02. The number of nitrogens with zero attached hydrogens (tertiary/aromatic N) is 1. The van der Waals surface area contributed by atoms with Crippen LogP contribution in [-0.2, 0) is 16.9 Å². The zero-order chi connectivity index (χ0) is 19.9. The van der Waals surface area contributed by atoms with Crippen molar-refractivity contribution in [2.45, 2.75) is 18.6 Å². The summed E-state index contributed by atoms with van der Waals surface area (Å²) in [6.07, 6.45) is -0.374. The van der Waals surface area contributed by atoms with E-state index in [1.54, 1.807) is 30.3 Å². The Morgan fingerprint density at radius 1 is 1.07 bits per heavy atom. The lowest BCUT2D eigenvalue weighted by molar-refractivity contribution is -0.136. The second-order valence-electron chi connectivity index (χ2n) is 6.60. The van der Waals surface area contributed by atoms with Gasteiger partial charge in [-0.1, -0.05) is 53.5 Å². The van der Waals surface area contributed by atoms with Crippen molar-refractivity contribution < 1.29 is 14.7 Å². The minimum Gasteiger partial charge on any atom is -0.375 e. The molecule has 1 aromatic heterocycles. The maximum absolute atomic E-state index is 13.2. The third kappa shape index (κ3) is 3.35. The van der Waals surface area contributed by atoms with Crippen LogP contribution in [0.1, 0.15) is 27.2 Å². The normalized spacial score (nSPS) is 18.4. The number of amides is 1. The van der Waals surface area contributed by atoms with Gasteiger partial charge in [-0.25, -0.2) is 0 Å². The fourth-order valence-electron chi connectivity index (χ4n) is 3.40. The molecule has 4 nitrogen and oxygen atoms in total. The van der Waals surface area contributed by atoms with Crippen LogP contribution in [0.15, 0.2) is 60.7 Å². The van der Waals surface area contributed by atoms with Crippen LogP contribution in [0.5, 0.6) is 0 Å². The van der Waals surface area contributed by atoms with Crippen LogP contribution in [0.4, 0.5) is 5.69 Å². The van der Waals surface area contributed by atoms with Gasteiger partial charge in [-0.05, 0) is 35.9 Å². The molecule has 2 heterocycles. The minimum atomic E-state index is -1.97. The lowest BCUT2D eigenvalue weighted by Gasteiger charge is -2.22. The van der Waals surface area contributed by atoms with E-state index in [1.807, 2.05) is 30.3 Å². The van der Waals surface area contributed by atoms with Gasteiger partial charge in [-0.3, -0.25) is 9.59 Å². The molecule has 4 rings (SSSR count). The molecule has 1 atom stereocenters. The number of carbonyl (C=O) groups excluding carboxylic acids is 2. The summed E-state index contributed by atoms with van der Waals surface area (Å²) < 4.78 is 0.474. The van der Waals surface area contributed by atoms with Gasteiger partial charge in [0.2, 0.25) is 0 Å². The highest BCUT2D eigenvalue weighted by Gasteiger charge is 2.51. The first kappa shape index (κ1) is 19.2. The van der Waals surface area contributed by atoms with Gasteiger partial charge in [0.25, 0.3) is 5.91 Å². The molecule has 0 spiro atoms. The number of halogens is 2. The molecule has 0 bridgehead atoms. The van der Waals surface area contributed by atoms with E-state index in [0.717, 1.165) is 16.9 Å². The van der Waals surface area contributed by atoms with Crippen LogP contribution >= 0.6 is 34.5 Å². The molecule has 0 saturated heterocycles. The first-order valence-corrected chi connectivity index (χ1v) is 10.1. The smallest absolute Gasteiger partial charge is 0.264 e. The highest BCUT2D eigenvalue weighted by atomic mass is 35.5. The Morgan fingerprint density at radius 3 is 2.50 bits per heavy atom. The van der Waals surface area contributed by atoms with Gasteiger partial charge in [0.05, 0.1) is 27.9 Å². The number of fused-ring (bicyclic) bond motifs is 1. The number of thiophene rings is 1. The zero-order valence-electron chi connectivity index (χ0n) is 14.6. The molecule has 1 aliphatic rings. The molecule has 0 fully saturated rings. The summed E-state index contributed by atoms with van der Waals surface area (Å²) in [5.74, 6) is -0.884. The minimum absolute atomic E-state index is 0.287. The lowest BCUT2D eigenvalue weighted by Crippen LogP contribution is -2.41. The average molecular weight is 432 g/mol. The maximum atomic E-state index is 13.2. The summed E-state index contributed by atoms with van der Waals surface area (Å²) in [5, 5.41) is 11.7. The van der Waals surface area contributed by atoms with Crippen molar-refractivity contribution in [3.63, 3.8) is 0 Å². The topological polar surface area (TPSA) is 57.6 Å². The zero-order valence-corrected chi connectivity index (χ0v) is 16.9. The summed E-state index contributed by atoms with van der Waals surface area (Å²) in [6.45, 7) is 0.287. The number of Topliss-reactive ketones (excluding diaryl/α,β-unsaturated/α-hetero) is 1. The summed E-state index contributed by atoms with van der Waals surface area (Å²) in [6, 6.07) is 17.6. The summed E-state index contributed by atoms with van der Waals surface area (Å²) in [4.78, 5) is 27.8. The molecule has 142 valence electrons. The Balaban J connectivity index is 1.72. The van der Waals surface area contributed by atoms with Gasteiger partial charge in [0.15, 0.2) is 11.4 Å². The van der Waals surface area contributed by atoms with E-state index < -0.39 is 11.5 Å². The first-order chi connectivity index (χ1) is 13.4. The Hall–Kier alpha value is -2.18. The lowest BCUT2D eigenvalue weighted by atomic mass is 9.89. The largest absolute Gasteiger partial charge is 0.375 e. The van der Waals surface area contributed by atoms with E-state index in [2.05, 4.69) is 0 Å². The molecule has 1 amide bonds. The number of hydrogen-bond donors (Lipinski definition) is 1. The molecule has 3 aromatic rings. The first-order valence-electron chi connectivity index (χ1n) is 8.55. The van der Waals surface area contributed by atoms with Crippen molar-refractivity contribution in [1.82, 2.24) is 0 Å². The third-order valence-corrected chi connectivity index (χ3v) is 6.25. The summed E-state index contributed by atoms with van der Waals surface area (Å²) >= 11 is 13.2. The van der Waals surface area contributed by atoms with Crippen LogP contribution in [-0.4, -0.2) is 16.8 Å². The second kappa shape index (κ2) is 7.33. The number of ketones is 1. The van der Waals surface area contributed by atoms with Gasteiger partial charge < -0.3 is 10.0 Å². The van der Waals surface area contributed by atoms with Crippen LogP contribution in [0.25, 0.3) is 0 Å². The third-order valence-electron chi connectivity index (χ3n) is 4.74. The molecule has 1 N–H and O–H groups in total. The van der Waals surface area contributed by atoms with Crippen molar-refractivity contribution >= 4 is 51.9 Å². The molecule has 2 aromatic carbocycles. The van der Waals surface area contributed by atoms with Gasteiger partial charge in [0, 0.05) is 10.6 Å². The van der Waals surface area contributed by atoms with Crippen LogP contribution < -0.4 is 4.90 Å². The molecule has 1 aliphatic heterocycles. The predicted molar refractivity (Wildman–Crippen MR) is 111 cm³/mol. The fourth-order valence-corrected chi connectivity index (χ4v) is 4.55. The number of aliphatic hydroxyl groups is 1. The number of anilines is 1. The highest BCUT2D eigenvalue weighted by molar-refractivity contribution is 7.18. The van der Waals surface area contributed by atoms with Crippen molar-refractivity contribution in [2.24, 2.45) is 0 Å². The van der Waals surface area contributed by atoms with Crippen LogP contribution in [0.2, 0.25) is 9.36 Å². The maximum Gasteiger partial charge on any atom is 0.264 e. The van der Waals surface area contributed by atoms with Gasteiger partial charge in [-0.15, -0.1) is 11.3 Å². The van der Waals surface area contributed by atoms with E-state index >= 15 is 0 Å². The van der Waals surface area contributed by atoms with Gasteiger partial charge in [-0.2, -0.15) is 0 Å². The van der Waals surface area contributed by atoms with Gasteiger partial charge >= 0.3 is 0 Å². The molecular formula is C21H15Cl2NO3S. The molecule has 0 aliphatic carbocycles. The molecule has 7 heteroatoms. The average Bonchev–Trinajstić information content (AvgIpc) is 3.19. The Morgan fingerprint density at radius 2 is 1.82 bits per heavy atom. The van der Waals surface area contributed by atoms with E-state index in [9.17, 15) is 14.7 Å². The Labute approximate surface area is 175 Å². The van der Waals surface area contributed by atoms with Crippen LogP contribution in [0, 0.1) is 0 Å². The molecule has 1 unspecified atom stereocenters. The molecular weight excluding hydrogens is 417 g/mol. The van der Waals surface area contributed by atoms with Crippen molar-refractivity contribution in [3.8, 4) is 0 Å². The monoisotopic (exact) mass is 431 g/mol. The fraction of sp³-hybridized carbons (Fsp3) is 0.143. The van der Waals surface area contributed by atoms with Crippen molar-refractivity contribution in [2.75, 3.05) is 4.90 Å². The Bertz CT molecular complexity index is 1070. The van der Waals surface area contributed by atoms with E-state index in [0.29, 0.717) is 25.5 Å². The predicted octanol–water partition coefficient (Wildman–Crippen LogP) is 5.06. The van der Waals surface area contributed by atoms with E-state index in [-0.39, 0.29) is 18.7 Å². The molecule has 28 heavy (non-hydrogen) atoms. The standard InChI is InChI=1S/C21H15Cl2NO3S/c22-14-6-7-16-15(10-14)21(27,11-17(25)18-8-9-19(23)28-18)20(26)24(16)12-13-4-2-1-3-5-13/h1-10,27H,11-12H2. The summed E-state index contributed by atoms with van der Waals surface area (Å²) in [5.41, 5.74) is -0.158. The quantitative estimate of drug-likeness (QED) is 0.574. The van der Waals surface area contributed by atoms with E-state index in [1.165, 1.54) is 4.90 Å². The van der Waals surface area contributed by atoms with Gasteiger partial charge in [0.1, 0.15) is 0 Å². The van der Waals surface area contributed by atoms with Crippen LogP contribution in [0.3, 0.4) is 0 Å². The number of hydrogen-bond acceptors (Lipinski definition) is 4. The molecule has 0 radical (unpaired) electrons. The molecule has 0 saturated carbocycles.